The third-order valence-corrected chi connectivity index (χ3v) is 3.77. The summed E-state index contributed by atoms with van der Waals surface area (Å²) in [6.07, 6.45) is 1.77. The fraction of sp³-hybridized carbons (Fsp3) is 0.500. The number of fused-ring (bicyclic) bond motifs is 1. The van der Waals surface area contributed by atoms with Crippen molar-refractivity contribution in [2.24, 2.45) is 11.1 Å². The quantitative estimate of drug-likeness (QED) is 0.636. The lowest BCUT2D eigenvalue weighted by molar-refractivity contribution is 0.468. The lowest BCUT2D eigenvalue weighted by Gasteiger charge is -2.27. The highest BCUT2D eigenvalue weighted by Gasteiger charge is 2.25. The Labute approximate surface area is 107 Å². The number of hydrogen-bond acceptors (Lipinski definition) is 2. The molecule has 0 aliphatic carbocycles. The van der Waals surface area contributed by atoms with Crippen LogP contribution in [0.5, 0.6) is 0 Å². The monoisotopic (exact) mass is 249 g/mol. The molecule has 98 valence electrons. The standard InChI is InChI=1S/C14H20FN3/c1-14(2,13(16)17)6-8-18-7-5-10-3-4-11(15)9-12(10)18/h3-4,9H,5-8H2,1-2H3,(H3,16,17). The molecule has 0 atom stereocenters. The molecule has 0 bridgehead atoms. The second-order valence-electron chi connectivity index (χ2n) is 5.56. The van der Waals surface area contributed by atoms with Crippen LogP contribution in [0.1, 0.15) is 25.8 Å². The lowest BCUT2D eigenvalue weighted by Crippen LogP contribution is -2.35. The molecule has 1 aliphatic rings. The van der Waals surface area contributed by atoms with Gasteiger partial charge in [-0.25, -0.2) is 4.39 Å². The van der Waals surface area contributed by atoms with Gasteiger partial charge in [0.05, 0.1) is 5.84 Å². The van der Waals surface area contributed by atoms with Gasteiger partial charge >= 0.3 is 0 Å². The summed E-state index contributed by atoms with van der Waals surface area (Å²) in [5.41, 5.74) is 7.48. The lowest BCUT2D eigenvalue weighted by atomic mass is 9.88. The van der Waals surface area contributed by atoms with E-state index in [0.717, 1.165) is 31.6 Å². The van der Waals surface area contributed by atoms with E-state index in [1.165, 1.54) is 11.6 Å². The first-order valence-electron chi connectivity index (χ1n) is 6.28. The minimum Gasteiger partial charge on any atom is -0.387 e. The van der Waals surface area contributed by atoms with Gasteiger partial charge in [0.2, 0.25) is 0 Å². The van der Waals surface area contributed by atoms with Crippen LogP contribution in [0.2, 0.25) is 0 Å². The largest absolute Gasteiger partial charge is 0.387 e. The molecule has 0 unspecified atom stereocenters. The summed E-state index contributed by atoms with van der Waals surface area (Å²) in [5.74, 6) is 0.0210. The minimum absolute atomic E-state index is 0.188. The zero-order chi connectivity index (χ0) is 13.3. The Hall–Kier alpha value is -1.58. The van der Waals surface area contributed by atoms with Crippen molar-refractivity contribution in [3.8, 4) is 0 Å². The van der Waals surface area contributed by atoms with E-state index in [0.29, 0.717) is 0 Å². The Morgan fingerprint density at radius 1 is 1.50 bits per heavy atom. The van der Waals surface area contributed by atoms with Crippen LogP contribution in [0.3, 0.4) is 0 Å². The van der Waals surface area contributed by atoms with Crippen molar-refractivity contribution < 1.29 is 4.39 Å². The van der Waals surface area contributed by atoms with Crippen molar-refractivity contribution in [1.29, 1.82) is 5.41 Å². The topological polar surface area (TPSA) is 53.1 Å². The van der Waals surface area contributed by atoms with Crippen LogP contribution in [-0.4, -0.2) is 18.9 Å². The number of hydrogen-bond donors (Lipinski definition) is 2. The minimum atomic E-state index is -0.296. The molecule has 0 amide bonds. The van der Waals surface area contributed by atoms with E-state index in [4.69, 9.17) is 11.1 Å². The first-order chi connectivity index (χ1) is 8.40. The second kappa shape index (κ2) is 4.59. The summed E-state index contributed by atoms with van der Waals surface area (Å²) in [7, 11) is 0. The molecule has 0 spiro atoms. The van der Waals surface area contributed by atoms with Crippen molar-refractivity contribution in [2.45, 2.75) is 26.7 Å². The number of amidine groups is 1. The van der Waals surface area contributed by atoms with Crippen LogP contribution in [0.25, 0.3) is 0 Å². The Balaban J connectivity index is 2.06. The number of rotatable bonds is 4. The number of nitrogens with two attached hydrogens (primary N) is 1. The third kappa shape index (κ3) is 2.47. The molecule has 3 nitrogen and oxygen atoms in total. The second-order valence-corrected chi connectivity index (χ2v) is 5.56. The predicted molar refractivity (Wildman–Crippen MR) is 72.6 cm³/mol. The van der Waals surface area contributed by atoms with E-state index >= 15 is 0 Å². The molecule has 1 aromatic rings. The molecule has 0 saturated carbocycles. The highest BCUT2D eigenvalue weighted by Crippen LogP contribution is 2.30. The average molecular weight is 249 g/mol. The summed E-state index contributed by atoms with van der Waals surface area (Å²) in [4.78, 5) is 2.18. The molecular weight excluding hydrogens is 229 g/mol. The Morgan fingerprint density at radius 2 is 2.22 bits per heavy atom. The van der Waals surface area contributed by atoms with Gasteiger partial charge in [0.25, 0.3) is 0 Å². The van der Waals surface area contributed by atoms with E-state index in [2.05, 4.69) is 4.90 Å². The van der Waals surface area contributed by atoms with Gasteiger partial charge in [0.1, 0.15) is 5.82 Å². The van der Waals surface area contributed by atoms with Crippen LogP contribution in [0.15, 0.2) is 18.2 Å². The Morgan fingerprint density at radius 3 is 2.89 bits per heavy atom. The van der Waals surface area contributed by atoms with Gasteiger partial charge in [-0.3, -0.25) is 5.41 Å². The maximum atomic E-state index is 13.3. The number of halogens is 1. The molecule has 0 radical (unpaired) electrons. The van der Waals surface area contributed by atoms with Crippen LogP contribution in [0.4, 0.5) is 10.1 Å². The van der Waals surface area contributed by atoms with Gasteiger partial charge < -0.3 is 10.6 Å². The fourth-order valence-electron chi connectivity index (χ4n) is 2.20. The summed E-state index contributed by atoms with van der Waals surface area (Å²) < 4.78 is 13.3. The van der Waals surface area contributed by atoms with Crippen LogP contribution in [0, 0.1) is 16.6 Å². The molecule has 2 rings (SSSR count). The van der Waals surface area contributed by atoms with E-state index in [1.54, 1.807) is 6.07 Å². The molecule has 0 saturated heterocycles. The van der Waals surface area contributed by atoms with Crippen LogP contribution >= 0.6 is 0 Å². The normalized spacial score (nSPS) is 14.7. The van der Waals surface area contributed by atoms with E-state index in [9.17, 15) is 4.39 Å². The van der Waals surface area contributed by atoms with Crippen LogP contribution in [-0.2, 0) is 6.42 Å². The molecule has 1 heterocycles. The molecule has 1 aromatic carbocycles. The third-order valence-electron chi connectivity index (χ3n) is 3.77. The number of nitrogens with one attached hydrogen (secondary N) is 1. The van der Waals surface area contributed by atoms with Crippen molar-refractivity contribution in [1.82, 2.24) is 0 Å². The molecule has 3 N–H and O–H groups in total. The zero-order valence-corrected chi connectivity index (χ0v) is 11.0. The van der Waals surface area contributed by atoms with Crippen molar-refractivity contribution in [3.63, 3.8) is 0 Å². The SMILES string of the molecule is CC(C)(CCN1CCc2ccc(F)cc21)C(=N)N. The summed E-state index contributed by atoms with van der Waals surface area (Å²) in [5, 5.41) is 7.55. The van der Waals surface area contributed by atoms with Gasteiger partial charge in [-0.05, 0) is 30.5 Å². The Bertz CT molecular complexity index is 468. The van der Waals surface area contributed by atoms with E-state index in [-0.39, 0.29) is 17.1 Å². The van der Waals surface area contributed by atoms with Gasteiger partial charge in [0.15, 0.2) is 0 Å². The highest BCUT2D eigenvalue weighted by atomic mass is 19.1. The molecular formula is C14H20FN3. The Kier molecular flexibility index (Phi) is 3.28. The van der Waals surface area contributed by atoms with Crippen molar-refractivity contribution >= 4 is 11.5 Å². The van der Waals surface area contributed by atoms with Crippen LogP contribution < -0.4 is 10.6 Å². The van der Waals surface area contributed by atoms with Crippen molar-refractivity contribution in [3.05, 3.63) is 29.6 Å². The zero-order valence-electron chi connectivity index (χ0n) is 11.0. The number of benzene rings is 1. The first kappa shape index (κ1) is 12.9. The summed E-state index contributed by atoms with van der Waals surface area (Å²) >= 11 is 0. The van der Waals surface area contributed by atoms with Gasteiger partial charge in [-0.2, -0.15) is 0 Å². The predicted octanol–water partition coefficient (Wildman–Crippen LogP) is 2.54. The maximum Gasteiger partial charge on any atom is 0.125 e. The van der Waals surface area contributed by atoms with Gasteiger partial charge in [-0.1, -0.05) is 19.9 Å². The smallest absolute Gasteiger partial charge is 0.125 e. The maximum absolute atomic E-state index is 13.3. The molecule has 1 aliphatic heterocycles. The number of anilines is 1. The van der Waals surface area contributed by atoms with Gasteiger partial charge in [0, 0.05) is 24.2 Å². The number of nitrogens with zero attached hydrogens (tertiary/aromatic N) is 1. The average Bonchev–Trinajstić information content (AvgIpc) is 2.68. The molecule has 4 heteroatoms. The van der Waals surface area contributed by atoms with Crippen molar-refractivity contribution in [2.75, 3.05) is 18.0 Å². The molecule has 0 fully saturated rings. The molecule has 18 heavy (non-hydrogen) atoms. The summed E-state index contributed by atoms with van der Waals surface area (Å²) in [6, 6.07) is 4.98. The fourth-order valence-corrected chi connectivity index (χ4v) is 2.20. The summed E-state index contributed by atoms with van der Waals surface area (Å²) in [6.45, 7) is 5.67. The van der Waals surface area contributed by atoms with Gasteiger partial charge in [-0.15, -0.1) is 0 Å². The highest BCUT2D eigenvalue weighted by molar-refractivity contribution is 5.82. The van der Waals surface area contributed by atoms with E-state index in [1.807, 2.05) is 19.9 Å². The molecule has 0 aromatic heterocycles. The van der Waals surface area contributed by atoms with E-state index < -0.39 is 0 Å². The first-order valence-corrected chi connectivity index (χ1v) is 6.28.